The third-order valence-corrected chi connectivity index (χ3v) is 9.18. The minimum Gasteiger partial charge on any atom is -0.445 e. The van der Waals surface area contributed by atoms with Crippen molar-refractivity contribution in [3.63, 3.8) is 0 Å². The van der Waals surface area contributed by atoms with Gasteiger partial charge in [-0.05, 0) is 67.3 Å². The Morgan fingerprint density at radius 1 is 0.952 bits per heavy atom. The molecule has 1 N–H and O–H groups in total. The van der Waals surface area contributed by atoms with E-state index in [-0.39, 0.29) is 24.8 Å². The molecule has 4 aromatic rings. The standard InChI is InChI=1S/C33H37N3O5S/c1-25-11-8-18-30-29(25)21-31(36(30)20-10-16-26-12-4-2-5-13-26)32(37)34-42(39,40)24-28-17-9-19-35(22-28)33(38)41-23-27-14-6-3-7-15-27/h2-8,11-15,18,21,28H,9-10,16-17,19-20,22-24H2,1H3,(H,34,37). The summed E-state index contributed by atoms with van der Waals surface area (Å²) in [6.07, 6.45) is 2.51. The van der Waals surface area contributed by atoms with Crippen LogP contribution in [0.4, 0.5) is 4.79 Å². The van der Waals surface area contributed by atoms with Crippen LogP contribution in [0, 0.1) is 12.8 Å². The Bertz CT molecular complexity index is 1630. The summed E-state index contributed by atoms with van der Waals surface area (Å²) in [5.74, 6) is -1.18. The molecule has 1 aromatic heterocycles. The van der Waals surface area contributed by atoms with Gasteiger partial charge in [0.05, 0.1) is 5.75 Å². The first kappa shape index (κ1) is 29.4. The van der Waals surface area contributed by atoms with Crippen LogP contribution in [0.1, 0.15) is 46.4 Å². The fourth-order valence-corrected chi connectivity index (χ4v) is 7.03. The normalized spacial score (nSPS) is 15.5. The quantitative estimate of drug-likeness (QED) is 0.257. The lowest BCUT2D eigenvalue weighted by atomic mass is 10.0. The van der Waals surface area contributed by atoms with Crippen LogP contribution in [0.3, 0.4) is 0 Å². The maximum Gasteiger partial charge on any atom is 0.410 e. The highest BCUT2D eigenvalue weighted by Gasteiger charge is 2.30. The third kappa shape index (κ3) is 7.39. The summed E-state index contributed by atoms with van der Waals surface area (Å²) in [7, 11) is -3.95. The van der Waals surface area contributed by atoms with Crippen molar-refractivity contribution in [1.82, 2.24) is 14.2 Å². The van der Waals surface area contributed by atoms with Crippen molar-refractivity contribution in [1.29, 1.82) is 0 Å². The zero-order valence-electron chi connectivity index (χ0n) is 23.9. The number of amides is 2. The molecule has 1 aliphatic rings. The van der Waals surface area contributed by atoms with Gasteiger partial charge in [-0.2, -0.15) is 0 Å². The molecule has 0 radical (unpaired) electrons. The van der Waals surface area contributed by atoms with E-state index in [1.807, 2.05) is 78.2 Å². The highest BCUT2D eigenvalue weighted by atomic mass is 32.2. The van der Waals surface area contributed by atoms with Crippen molar-refractivity contribution in [2.45, 2.75) is 45.8 Å². The number of nitrogens with zero attached hydrogens (tertiary/aromatic N) is 2. The van der Waals surface area contributed by atoms with Crippen LogP contribution in [-0.2, 0) is 34.3 Å². The number of piperidine rings is 1. The van der Waals surface area contributed by atoms with Gasteiger partial charge in [0.2, 0.25) is 10.0 Å². The molecule has 9 heteroatoms. The molecule has 5 rings (SSSR count). The molecular weight excluding hydrogens is 550 g/mol. The molecule has 1 atom stereocenters. The molecule has 1 fully saturated rings. The lowest BCUT2D eigenvalue weighted by Crippen LogP contribution is -2.44. The van der Waals surface area contributed by atoms with E-state index in [1.165, 1.54) is 5.56 Å². The molecule has 0 saturated carbocycles. The van der Waals surface area contributed by atoms with Crippen LogP contribution in [0.5, 0.6) is 0 Å². The second kappa shape index (κ2) is 13.2. The monoisotopic (exact) mass is 587 g/mol. The molecule has 0 aliphatic carbocycles. The first-order valence-electron chi connectivity index (χ1n) is 14.4. The predicted molar refractivity (Wildman–Crippen MR) is 164 cm³/mol. The van der Waals surface area contributed by atoms with E-state index in [2.05, 4.69) is 16.9 Å². The first-order chi connectivity index (χ1) is 20.3. The SMILES string of the molecule is Cc1cccc2c1cc(C(=O)NS(=O)(=O)CC1CCCN(C(=O)OCc3ccccc3)C1)n2CCCc1ccccc1. The average Bonchev–Trinajstić information content (AvgIpc) is 3.37. The zero-order chi connectivity index (χ0) is 29.5. The summed E-state index contributed by atoms with van der Waals surface area (Å²) in [4.78, 5) is 27.6. The van der Waals surface area contributed by atoms with Gasteiger partial charge in [-0.3, -0.25) is 4.79 Å². The van der Waals surface area contributed by atoms with Gasteiger partial charge in [0, 0.05) is 30.5 Å². The molecule has 0 spiro atoms. The van der Waals surface area contributed by atoms with E-state index in [0.29, 0.717) is 31.6 Å². The smallest absolute Gasteiger partial charge is 0.410 e. The fourth-order valence-electron chi connectivity index (χ4n) is 5.67. The Kier molecular flexibility index (Phi) is 9.27. The minimum absolute atomic E-state index is 0.161. The van der Waals surface area contributed by atoms with Crippen molar-refractivity contribution in [3.8, 4) is 0 Å². The van der Waals surface area contributed by atoms with Crippen molar-refractivity contribution in [2.24, 2.45) is 5.92 Å². The molecule has 8 nitrogen and oxygen atoms in total. The number of likely N-dealkylation sites (tertiary alicyclic amines) is 1. The van der Waals surface area contributed by atoms with Crippen molar-refractivity contribution in [3.05, 3.63) is 107 Å². The van der Waals surface area contributed by atoms with Crippen LogP contribution >= 0.6 is 0 Å². The maximum atomic E-state index is 13.4. The first-order valence-corrected chi connectivity index (χ1v) is 16.1. The number of hydrogen-bond donors (Lipinski definition) is 1. The van der Waals surface area contributed by atoms with Gasteiger partial charge in [0.1, 0.15) is 12.3 Å². The molecule has 42 heavy (non-hydrogen) atoms. The van der Waals surface area contributed by atoms with E-state index in [1.54, 1.807) is 11.0 Å². The Balaban J connectivity index is 1.23. The summed E-state index contributed by atoms with van der Waals surface area (Å²) in [6.45, 7) is 3.50. The summed E-state index contributed by atoms with van der Waals surface area (Å²) >= 11 is 0. The number of rotatable bonds is 10. The van der Waals surface area contributed by atoms with Gasteiger partial charge in [-0.25, -0.2) is 17.9 Å². The van der Waals surface area contributed by atoms with Crippen molar-refractivity contribution in [2.75, 3.05) is 18.8 Å². The maximum absolute atomic E-state index is 13.4. The largest absolute Gasteiger partial charge is 0.445 e. The number of benzene rings is 3. The summed E-state index contributed by atoms with van der Waals surface area (Å²) in [5.41, 5.74) is 4.35. The molecule has 1 unspecified atom stereocenters. The van der Waals surface area contributed by atoms with Gasteiger partial charge < -0.3 is 14.2 Å². The van der Waals surface area contributed by atoms with Gasteiger partial charge in [-0.1, -0.05) is 72.8 Å². The molecular formula is C33H37N3O5S. The summed E-state index contributed by atoms with van der Waals surface area (Å²) in [5, 5.41) is 0.927. The number of carbonyl (C=O) groups is 2. The second-order valence-corrected chi connectivity index (χ2v) is 12.8. The van der Waals surface area contributed by atoms with E-state index in [9.17, 15) is 18.0 Å². The van der Waals surface area contributed by atoms with E-state index < -0.39 is 22.0 Å². The second-order valence-electron chi connectivity index (χ2n) is 11.0. The number of sulfonamides is 1. The number of nitrogens with one attached hydrogen (secondary N) is 1. The number of hydrogen-bond acceptors (Lipinski definition) is 5. The van der Waals surface area contributed by atoms with Gasteiger partial charge in [-0.15, -0.1) is 0 Å². The Morgan fingerprint density at radius 3 is 2.40 bits per heavy atom. The number of aromatic nitrogens is 1. The molecule has 3 aromatic carbocycles. The molecule has 220 valence electrons. The average molecular weight is 588 g/mol. The third-order valence-electron chi connectivity index (χ3n) is 7.77. The van der Waals surface area contributed by atoms with Gasteiger partial charge >= 0.3 is 6.09 Å². The Labute approximate surface area is 247 Å². The molecule has 2 heterocycles. The van der Waals surface area contributed by atoms with Gasteiger partial charge in [0.25, 0.3) is 5.91 Å². The molecule has 1 saturated heterocycles. The van der Waals surface area contributed by atoms with Crippen LogP contribution in [0.25, 0.3) is 10.9 Å². The van der Waals surface area contributed by atoms with Crippen LogP contribution in [-0.4, -0.2) is 48.7 Å². The number of carbonyl (C=O) groups excluding carboxylic acids is 2. The minimum atomic E-state index is -3.95. The lowest BCUT2D eigenvalue weighted by molar-refractivity contribution is 0.0811. The molecule has 1 aliphatic heterocycles. The van der Waals surface area contributed by atoms with E-state index >= 15 is 0 Å². The van der Waals surface area contributed by atoms with Crippen molar-refractivity contribution < 1.29 is 22.7 Å². The van der Waals surface area contributed by atoms with Crippen LogP contribution in [0.2, 0.25) is 0 Å². The summed E-state index contributed by atoms with van der Waals surface area (Å²) < 4.78 is 36.1. The highest BCUT2D eigenvalue weighted by Crippen LogP contribution is 2.25. The Morgan fingerprint density at radius 2 is 1.67 bits per heavy atom. The highest BCUT2D eigenvalue weighted by molar-refractivity contribution is 7.90. The molecule has 2 amide bonds. The number of ether oxygens (including phenoxy) is 1. The lowest BCUT2D eigenvalue weighted by Gasteiger charge is -2.31. The predicted octanol–water partition coefficient (Wildman–Crippen LogP) is 5.69. The summed E-state index contributed by atoms with van der Waals surface area (Å²) in [6, 6.07) is 27.2. The zero-order valence-corrected chi connectivity index (χ0v) is 24.7. The number of aryl methyl sites for hydroxylation is 3. The van der Waals surface area contributed by atoms with E-state index in [4.69, 9.17) is 4.74 Å². The number of fused-ring (bicyclic) bond motifs is 1. The fraction of sp³-hybridized carbons (Fsp3) is 0.333. The van der Waals surface area contributed by atoms with Gasteiger partial charge in [0.15, 0.2) is 0 Å². The van der Waals surface area contributed by atoms with E-state index in [0.717, 1.165) is 34.9 Å². The molecule has 0 bridgehead atoms. The Hall–Kier alpha value is -4.11. The van der Waals surface area contributed by atoms with Crippen molar-refractivity contribution >= 4 is 32.9 Å². The topological polar surface area (TPSA) is 97.7 Å². The van der Waals surface area contributed by atoms with Crippen LogP contribution < -0.4 is 4.72 Å². The van der Waals surface area contributed by atoms with Crippen LogP contribution in [0.15, 0.2) is 84.9 Å².